The number of hydrogen-bond donors (Lipinski definition) is 1. The lowest BCUT2D eigenvalue weighted by Crippen LogP contribution is -2.31. The third kappa shape index (κ3) is 5.81. The minimum Gasteiger partial charge on any atom is -0.268 e. The lowest BCUT2D eigenvalue weighted by Gasteiger charge is -2.37. The van der Waals surface area contributed by atoms with E-state index >= 15 is 0 Å². The van der Waals surface area contributed by atoms with E-state index < -0.39 is 6.49 Å². The van der Waals surface area contributed by atoms with Crippen LogP contribution in [0.3, 0.4) is 0 Å². The molecule has 0 fully saturated rings. The number of rotatable bonds is 10. The van der Waals surface area contributed by atoms with Gasteiger partial charge >= 0.3 is 0 Å². The topological polar surface area (TPSA) is 43.2 Å². The minimum atomic E-state index is -2.12. The van der Waals surface area contributed by atoms with Gasteiger partial charge in [-0.3, -0.25) is 5.43 Å². The van der Waals surface area contributed by atoms with Gasteiger partial charge in [0, 0.05) is 26.2 Å². The summed E-state index contributed by atoms with van der Waals surface area (Å²) >= 11 is 5.96. The summed E-state index contributed by atoms with van der Waals surface area (Å²) in [7, 11) is 0. The molecule has 1 rings (SSSR count). The van der Waals surface area contributed by atoms with Crippen molar-refractivity contribution < 1.29 is 0 Å². The summed E-state index contributed by atoms with van der Waals surface area (Å²) in [6, 6.07) is 9.94. The molecule has 0 spiro atoms. The van der Waals surface area contributed by atoms with Crippen LogP contribution in [0.2, 0.25) is 0 Å². The highest BCUT2D eigenvalue weighted by Gasteiger charge is 2.28. The second-order valence-electron chi connectivity index (χ2n) is 4.83. The number of nitrogens with one attached hydrogen (secondary N) is 1. The zero-order valence-corrected chi connectivity index (χ0v) is 16.2. The van der Waals surface area contributed by atoms with Crippen LogP contribution in [0.4, 0.5) is 0 Å². The Morgan fingerprint density at radius 3 is 2.00 bits per heavy atom. The fourth-order valence-electron chi connectivity index (χ4n) is 2.29. The monoisotopic (exact) mass is 353 g/mol. The molecule has 23 heavy (non-hydrogen) atoms. The number of hydrazone groups is 1. The molecule has 0 heterocycles. The Kier molecular flexibility index (Phi) is 9.26. The molecule has 0 bridgehead atoms. The number of benzene rings is 1. The standard InChI is InChI=1S/C16H28N5PS/c1-5-20(6-2)22(23,21(7-3)8-4)19-15-18-17-14-16-12-10-9-11-13-16/h9-15H,5-8H2,1-4H3,(H,18,19,23)/b17-14+. The van der Waals surface area contributed by atoms with Crippen LogP contribution in [0, 0.1) is 0 Å². The molecule has 0 aliphatic rings. The molecule has 1 aromatic rings. The lowest BCUT2D eigenvalue weighted by atomic mass is 10.2. The van der Waals surface area contributed by atoms with Gasteiger partial charge in [-0.15, -0.1) is 0 Å². The van der Waals surface area contributed by atoms with Gasteiger partial charge < -0.3 is 0 Å². The summed E-state index contributed by atoms with van der Waals surface area (Å²) in [6.45, 7) is 9.99. The van der Waals surface area contributed by atoms with E-state index in [9.17, 15) is 0 Å². The van der Waals surface area contributed by atoms with Gasteiger partial charge in [0.1, 0.15) is 6.34 Å². The first-order valence-corrected chi connectivity index (χ1v) is 10.8. The Bertz CT molecular complexity index is 523. The third-order valence-corrected chi connectivity index (χ3v) is 8.24. The van der Waals surface area contributed by atoms with Crippen molar-refractivity contribution in [3.05, 3.63) is 35.9 Å². The first kappa shape index (κ1) is 20.0. The largest absolute Gasteiger partial charge is 0.268 e. The van der Waals surface area contributed by atoms with E-state index in [-0.39, 0.29) is 0 Å². The highest BCUT2D eigenvalue weighted by Crippen LogP contribution is 2.54. The van der Waals surface area contributed by atoms with Gasteiger partial charge in [-0.25, -0.2) is 14.1 Å². The van der Waals surface area contributed by atoms with Crippen molar-refractivity contribution in [3.8, 4) is 0 Å². The zero-order valence-electron chi connectivity index (χ0n) is 14.5. The molecular weight excluding hydrogens is 325 g/mol. The van der Waals surface area contributed by atoms with Crippen molar-refractivity contribution >= 4 is 30.8 Å². The normalized spacial score (nSPS) is 12.8. The van der Waals surface area contributed by atoms with Crippen LogP contribution in [-0.4, -0.2) is 48.1 Å². The van der Waals surface area contributed by atoms with E-state index in [1.54, 1.807) is 12.6 Å². The molecule has 1 aromatic carbocycles. The minimum absolute atomic E-state index is 0.898. The van der Waals surface area contributed by atoms with E-state index in [1.807, 2.05) is 30.3 Å². The van der Waals surface area contributed by atoms with Gasteiger partial charge in [0.2, 0.25) is 0 Å². The summed E-state index contributed by atoms with van der Waals surface area (Å²) < 4.78 is 9.24. The van der Waals surface area contributed by atoms with Crippen molar-refractivity contribution in [2.24, 2.45) is 9.86 Å². The predicted molar refractivity (Wildman–Crippen MR) is 106 cm³/mol. The SMILES string of the molecule is CCN(CC)P(=S)(/N=C/N/N=C/c1ccccc1)N(CC)CC. The molecule has 0 radical (unpaired) electrons. The summed E-state index contributed by atoms with van der Waals surface area (Å²) in [4.78, 5) is 0. The molecule has 0 amide bonds. The van der Waals surface area contributed by atoms with Crippen molar-refractivity contribution in [2.45, 2.75) is 27.7 Å². The van der Waals surface area contributed by atoms with Crippen molar-refractivity contribution in [1.29, 1.82) is 0 Å². The maximum absolute atomic E-state index is 5.96. The van der Waals surface area contributed by atoms with E-state index in [2.05, 4.69) is 47.6 Å². The Hall–Kier alpha value is -1.07. The second kappa shape index (κ2) is 10.7. The maximum Gasteiger partial charge on any atom is 0.189 e. The van der Waals surface area contributed by atoms with Gasteiger partial charge in [0.25, 0.3) is 0 Å². The zero-order chi connectivity index (χ0) is 17.1. The molecule has 0 saturated heterocycles. The van der Waals surface area contributed by atoms with Gasteiger partial charge in [-0.05, 0) is 17.4 Å². The summed E-state index contributed by atoms with van der Waals surface area (Å²) in [5.41, 5.74) is 3.92. The van der Waals surface area contributed by atoms with E-state index in [4.69, 9.17) is 16.6 Å². The second-order valence-corrected chi connectivity index (χ2v) is 8.69. The first-order chi connectivity index (χ1) is 11.1. The molecule has 0 aliphatic carbocycles. The van der Waals surface area contributed by atoms with Crippen molar-refractivity contribution in [3.63, 3.8) is 0 Å². The van der Waals surface area contributed by atoms with Crippen LogP contribution >= 0.6 is 6.49 Å². The van der Waals surface area contributed by atoms with E-state index in [0.717, 1.165) is 31.7 Å². The molecule has 5 nitrogen and oxygen atoms in total. The Labute approximate surface area is 145 Å². The molecule has 0 aromatic heterocycles. The van der Waals surface area contributed by atoms with Crippen LogP contribution < -0.4 is 5.43 Å². The summed E-state index contributed by atoms with van der Waals surface area (Å²) in [6.07, 6.45) is 3.40. The molecule has 7 heteroatoms. The van der Waals surface area contributed by atoms with E-state index in [1.165, 1.54) is 0 Å². The molecule has 0 atom stereocenters. The van der Waals surface area contributed by atoms with Crippen LogP contribution in [0.1, 0.15) is 33.3 Å². The number of hydrogen-bond acceptors (Lipinski definition) is 2. The molecule has 1 N–H and O–H groups in total. The predicted octanol–water partition coefficient (Wildman–Crippen LogP) is 3.55. The van der Waals surface area contributed by atoms with Gasteiger partial charge in [-0.1, -0.05) is 58.0 Å². The van der Waals surface area contributed by atoms with Crippen LogP contribution in [0.25, 0.3) is 0 Å². The fraction of sp³-hybridized carbons (Fsp3) is 0.500. The third-order valence-electron chi connectivity index (χ3n) is 3.55. The van der Waals surface area contributed by atoms with Crippen LogP contribution in [0.5, 0.6) is 0 Å². The van der Waals surface area contributed by atoms with E-state index in [0.29, 0.717) is 0 Å². The van der Waals surface area contributed by atoms with Crippen LogP contribution in [0.15, 0.2) is 40.2 Å². The smallest absolute Gasteiger partial charge is 0.189 e. The highest BCUT2D eigenvalue weighted by atomic mass is 32.4. The maximum atomic E-state index is 5.96. The van der Waals surface area contributed by atoms with Gasteiger partial charge in [-0.2, -0.15) is 5.10 Å². The average molecular weight is 353 g/mol. The average Bonchev–Trinajstić information content (AvgIpc) is 2.57. The molecule has 0 aliphatic heterocycles. The first-order valence-electron chi connectivity index (χ1n) is 8.10. The fourth-order valence-corrected chi connectivity index (χ4v) is 6.15. The Morgan fingerprint density at radius 2 is 1.52 bits per heavy atom. The summed E-state index contributed by atoms with van der Waals surface area (Å²) in [5, 5.41) is 4.18. The van der Waals surface area contributed by atoms with Crippen LogP contribution in [-0.2, 0) is 11.8 Å². The van der Waals surface area contributed by atoms with Gasteiger partial charge in [0.15, 0.2) is 6.49 Å². The Morgan fingerprint density at radius 1 is 1.00 bits per heavy atom. The Balaban J connectivity index is 2.80. The lowest BCUT2D eigenvalue weighted by molar-refractivity contribution is 0.421. The molecule has 0 saturated carbocycles. The highest BCUT2D eigenvalue weighted by molar-refractivity contribution is 8.11. The summed E-state index contributed by atoms with van der Waals surface area (Å²) in [5.74, 6) is 0. The molecule has 0 unspecified atom stereocenters. The molecule has 128 valence electrons. The molecular formula is C16H28N5PS. The van der Waals surface area contributed by atoms with Gasteiger partial charge in [0.05, 0.1) is 6.21 Å². The number of nitrogens with zero attached hydrogens (tertiary/aromatic N) is 4. The quantitative estimate of drug-likeness (QED) is 0.302. The van der Waals surface area contributed by atoms with Crippen molar-refractivity contribution in [2.75, 3.05) is 26.2 Å². The van der Waals surface area contributed by atoms with Crippen molar-refractivity contribution in [1.82, 2.24) is 14.8 Å².